The first-order valence-electron chi connectivity index (χ1n) is 18.9. The minimum absolute atomic E-state index is 0.0143. The van der Waals surface area contributed by atoms with Crippen LogP contribution in [0.25, 0.3) is 44.2 Å². The molecular weight excluding hydrogens is 647 g/mol. The van der Waals surface area contributed by atoms with E-state index in [0.29, 0.717) is 0 Å². The topological polar surface area (TPSA) is 16.4 Å². The molecule has 2 nitrogen and oxygen atoms in total. The second-order valence-electron chi connectivity index (χ2n) is 18.3. The van der Waals surface area contributed by atoms with Crippen LogP contribution in [0.15, 0.2) is 120 Å². The summed E-state index contributed by atoms with van der Waals surface area (Å²) in [5, 5.41) is 5.42. The molecule has 1 aromatic heterocycles. The molecule has 52 heavy (non-hydrogen) atoms. The summed E-state index contributed by atoms with van der Waals surface area (Å²) < 4.78 is 6.70. The Balaban J connectivity index is 1.29. The fraction of sp³-hybridized carbons (Fsp3) is 0.265. The Bertz CT molecular complexity index is 2500. The van der Waals surface area contributed by atoms with Gasteiger partial charge in [0.2, 0.25) is 0 Å². The van der Waals surface area contributed by atoms with Crippen LogP contribution in [0.2, 0.25) is 13.1 Å². The molecule has 0 fully saturated rings. The van der Waals surface area contributed by atoms with Crippen molar-refractivity contribution in [1.29, 1.82) is 0 Å². The van der Waals surface area contributed by atoms with E-state index in [-0.39, 0.29) is 16.2 Å². The van der Waals surface area contributed by atoms with Gasteiger partial charge in [0.1, 0.15) is 19.2 Å². The van der Waals surface area contributed by atoms with Crippen LogP contribution >= 0.6 is 0 Å². The van der Waals surface area contributed by atoms with Crippen molar-refractivity contribution in [1.82, 2.24) is 0 Å². The summed E-state index contributed by atoms with van der Waals surface area (Å²) in [5.74, 6) is 0. The van der Waals surface area contributed by atoms with Gasteiger partial charge in [-0.25, -0.2) is 0 Å². The lowest BCUT2D eigenvalue weighted by Gasteiger charge is -2.29. The first-order chi connectivity index (χ1) is 24.5. The quantitative estimate of drug-likeness (QED) is 0.171. The van der Waals surface area contributed by atoms with Gasteiger partial charge in [-0.05, 0) is 114 Å². The molecule has 9 rings (SSSR count). The van der Waals surface area contributed by atoms with Crippen LogP contribution in [0.3, 0.4) is 0 Å². The van der Waals surface area contributed by atoms with Gasteiger partial charge < -0.3 is 9.32 Å². The van der Waals surface area contributed by atoms with E-state index >= 15 is 0 Å². The van der Waals surface area contributed by atoms with Crippen LogP contribution in [0.4, 0.5) is 17.1 Å². The van der Waals surface area contributed by atoms with E-state index in [2.05, 4.69) is 189 Å². The molecule has 0 radical (unpaired) electrons. The largest absolute Gasteiger partial charge is 0.456 e. The third-order valence-electron chi connectivity index (χ3n) is 12.1. The normalized spacial score (nSPS) is 15.4. The van der Waals surface area contributed by atoms with E-state index < -0.39 is 8.07 Å². The monoisotopic (exact) mass is 695 g/mol. The molecule has 260 valence electrons. The Hall–Kier alpha value is -4.86. The van der Waals surface area contributed by atoms with Crippen LogP contribution < -0.4 is 15.3 Å². The Morgan fingerprint density at radius 3 is 1.87 bits per heavy atom. The molecule has 0 saturated carbocycles. The van der Waals surface area contributed by atoms with Gasteiger partial charge in [-0.2, -0.15) is 0 Å². The summed E-state index contributed by atoms with van der Waals surface area (Å²) >= 11 is 0. The predicted molar refractivity (Wildman–Crippen MR) is 226 cm³/mol. The summed E-state index contributed by atoms with van der Waals surface area (Å²) in [6, 6.07) is 43.8. The van der Waals surface area contributed by atoms with Gasteiger partial charge in [-0.3, -0.25) is 0 Å². The Morgan fingerprint density at radius 1 is 0.538 bits per heavy atom. The second kappa shape index (κ2) is 10.8. The van der Waals surface area contributed by atoms with Crippen molar-refractivity contribution in [2.75, 3.05) is 4.90 Å². The number of furan rings is 1. The number of fused-ring (bicyclic) bond motifs is 9. The summed E-state index contributed by atoms with van der Waals surface area (Å²) in [6.45, 7) is 23.6. The Morgan fingerprint density at radius 2 is 1.13 bits per heavy atom. The maximum Gasteiger partial charge on any atom is 0.136 e. The van der Waals surface area contributed by atoms with Crippen molar-refractivity contribution in [2.45, 2.75) is 84.7 Å². The smallest absolute Gasteiger partial charge is 0.136 e. The van der Waals surface area contributed by atoms with Crippen LogP contribution in [-0.4, -0.2) is 8.07 Å². The maximum absolute atomic E-state index is 6.70. The minimum Gasteiger partial charge on any atom is -0.456 e. The number of anilines is 3. The first-order valence-corrected chi connectivity index (χ1v) is 21.9. The Labute approximate surface area is 310 Å². The highest BCUT2D eigenvalue weighted by Crippen LogP contribution is 2.51. The number of rotatable bonds is 3. The molecule has 2 aliphatic rings. The lowest BCUT2D eigenvalue weighted by molar-refractivity contribution is 0.569. The first kappa shape index (κ1) is 33.0. The van der Waals surface area contributed by atoms with Crippen LogP contribution in [0, 0.1) is 0 Å². The van der Waals surface area contributed by atoms with Crippen molar-refractivity contribution >= 4 is 57.4 Å². The molecule has 0 amide bonds. The highest BCUT2D eigenvalue weighted by molar-refractivity contribution is 7.03. The second-order valence-corrected chi connectivity index (χ2v) is 22.6. The molecule has 6 aromatic carbocycles. The summed E-state index contributed by atoms with van der Waals surface area (Å²) in [6.07, 6.45) is 0. The van der Waals surface area contributed by atoms with Crippen molar-refractivity contribution in [2.24, 2.45) is 0 Å². The van der Waals surface area contributed by atoms with Crippen molar-refractivity contribution < 1.29 is 4.42 Å². The molecule has 3 heteroatoms. The molecule has 0 unspecified atom stereocenters. The van der Waals surface area contributed by atoms with Gasteiger partial charge in [0.25, 0.3) is 0 Å². The maximum atomic E-state index is 6.70. The zero-order valence-electron chi connectivity index (χ0n) is 32.3. The fourth-order valence-electron chi connectivity index (χ4n) is 9.17. The molecule has 7 aromatic rings. The highest BCUT2D eigenvalue weighted by Gasteiger charge is 2.39. The average molecular weight is 696 g/mol. The predicted octanol–water partition coefficient (Wildman–Crippen LogP) is 12.8. The average Bonchev–Trinajstić information content (AvgIpc) is 3.67. The molecule has 0 spiro atoms. The van der Waals surface area contributed by atoms with E-state index in [1.807, 2.05) is 0 Å². The minimum atomic E-state index is -1.90. The van der Waals surface area contributed by atoms with Crippen molar-refractivity contribution in [3.8, 4) is 22.3 Å². The SMILES string of the molecule is CC(C)(C)c1cc(C(C)(C)C)c2c(c1)oc1ccc(N(c3ccc4c(c3)C(C)(C)c3ccccc3-4)c3ccc4c(c3)[Si](C)(C)c3ccccc3-4)cc12. The highest BCUT2D eigenvalue weighted by atomic mass is 28.3. The van der Waals surface area contributed by atoms with Crippen LogP contribution in [0.1, 0.15) is 77.6 Å². The number of hydrogen-bond donors (Lipinski definition) is 0. The van der Waals surface area contributed by atoms with Gasteiger partial charge in [-0.1, -0.05) is 135 Å². The third kappa shape index (κ3) is 4.74. The number of nitrogens with zero attached hydrogens (tertiary/aromatic N) is 1. The molecular formula is C49H49NOSi. The fourth-order valence-corrected chi connectivity index (χ4v) is 12.3. The molecule has 0 atom stereocenters. The standard InChI is InChI=1S/C49H49NOSi/c1-47(2,3)30-25-41(48(4,5)6)46-38-27-31(21-24-42(38)51-43(46)26-30)50(32-19-22-35-34-15-11-13-17-39(34)49(7,8)40(35)28-32)33-20-23-37-36-16-12-14-18-44(36)52(9,10)45(37)29-33/h11-29H,1-10H3. The molecule has 0 bridgehead atoms. The van der Waals surface area contributed by atoms with Gasteiger partial charge in [0, 0.05) is 33.2 Å². The summed E-state index contributed by atoms with van der Waals surface area (Å²) in [4.78, 5) is 2.49. The molecule has 1 aliphatic carbocycles. The lowest BCUT2D eigenvalue weighted by atomic mass is 9.79. The van der Waals surface area contributed by atoms with E-state index in [0.717, 1.165) is 16.9 Å². The van der Waals surface area contributed by atoms with Crippen LogP contribution in [-0.2, 0) is 16.2 Å². The molecule has 0 N–H and O–H groups in total. The molecule has 1 aliphatic heterocycles. The molecule has 2 heterocycles. The number of hydrogen-bond acceptors (Lipinski definition) is 2. The van der Waals surface area contributed by atoms with Gasteiger partial charge in [0.15, 0.2) is 0 Å². The van der Waals surface area contributed by atoms with E-state index in [1.165, 1.54) is 77.0 Å². The summed E-state index contributed by atoms with van der Waals surface area (Å²) in [7, 11) is -1.90. The summed E-state index contributed by atoms with van der Waals surface area (Å²) in [5.41, 5.74) is 16.1. The van der Waals surface area contributed by atoms with Gasteiger partial charge in [0.05, 0.1) is 0 Å². The van der Waals surface area contributed by atoms with Gasteiger partial charge >= 0.3 is 0 Å². The molecule has 0 saturated heterocycles. The zero-order chi connectivity index (χ0) is 36.5. The van der Waals surface area contributed by atoms with E-state index in [9.17, 15) is 0 Å². The van der Waals surface area contributed by atoms with E-state index in [1.54, 1.807) is 0 Å². The zero-order valence-corrected chi connectivity index (χ0v) is 33.3. The lowest BCUT2D eigenvalue weighted by Crippen LogP contribution is -2.49. The van der Waals surface area contributed by atoms with Crippen LogP contribution in [0.5, 0.6) is 0 Å². The van der Waals surface area contributed by atoms with E-state index in [4.69, 9.17) is 4.42 Å². The van der Waals surface area contributed by atoms with Crippen molar-refractivity contribution in [3.05, 3.63) is 138 Å². The van der Waals surface area contributed by atoms with Gasteiger partial charge in [-0.15, -0.1) is 0 Å². The third-order valence-corrected chi connectivity index (χ3v) is 15.7. The number of benzene rings is 6. The van der Waals surface area contributed by atoms with Crippen molar-refractivity contribution in [3.63, 3.8) is 0 Å². The Kier molecular flexibility index (Phi) is 6.88.